The highest BCUT2D eigenvalue weighted by Crippen LogP contribution is 2.29. The van der Waals surface area contributed by atoms with Crippen molar-refractivity contribution < 1.29 is 9.59 Å². The fraction of sp³-hybridized carbons (Fsp3) is 0.667. The molecule has 1 saturated carbocycles. The molecule has 1 aliphatic carbocycles. The van der Waals surface area contributed by atoms with E-state index >= 15 is 0 Å². The van der Waals surface area contributed by atoms with Crippen molar-refractivity contribution in [2.24, 2.45) is 5.92 Å². The molecule has 1 aromatic carbocycles. The number of carbonyl (C=O) groups is 2. The van der Waals surface area contributed by atoms with Gasteiger partial charge in [-0.15, -0.1) is 0 Å². The number of benzene rings is 1. The highest BCUT2D eigenvalue weighted by atomic mass is 16.2. The summed E-state index contributed by atoms with van der Waals surface area (Å²) < 4.78 is 0. The average molecular weight is 400 g/mol. The summed E-state index contributed by atoms with van der Waals surface area (Å²) in [5, 5.41) is 3.19. The van der Waals surface area contributed by atoms with Crippen molar-refractivity contribution >= 4 is 11.8 Å². The Bertz CT molecular complexity index is 653. The second-order valence-corrected chi connectivity index (χ2v) is 8.42. The van der Waals surface area contributed by atoms with Gasteiger partial charge in [-0.25, -0.2) is 0 Å². The summed E-state index contributed by atoms with van der Waals surface area (Å²) >= 11 is 0. The molecular formula is C24H37N3O2. The van der Waals surface area contributed by atoms with Crippen molar-refractivity contribution in [3.8, 4) is 0 Å². The van der Waals surface area contributed by atoms with Crippen LogP contribution in [-0.4, -0.2) is 53.8 Å². The molecule has 3 rings (SSSR count). The predicted octanol–water partition coefficient (Wildman–Crippen LogP) is 3.76. The maximum atomic E-state index is 13.1. The van der Waals surface area contributed by atoms with Crippen molar-refractivity contribution in [3.05, 3.63) is 35.9 Å². The quantitative estimate of drug-likeness (QED) is 0.724. The average Bonchev–Trinajstić information content (AvgIpc) is 3.27. The molecule has 29 heavy (non-hydrogen) atoms. The number of nitrogens with one attached hydrogen (secondary N) is 1. The zero-order valence-electron chi connectivity index (χ0n) is 18.1. The van der Waals surface area contributed by atoms with Gasteiger partial charge < -0.3 is 10.2 Å². The Kier molecular flexibility index (Phi) is 8.10. The smallest absolute Gasteiger partial charge is 0.242 e. The molecule has 0 bridgehead atoms. The molecule has 2 fully saturated rings. The molecule has 1 saturated heterocycles. The molecule has 2 unspecified atom stereocenters. The molecule has 1 N–H and O–H groups in total. The van der Waals surface area contributed by atoms with Crippen LogP contribution in [0.1, 0.15) is 70.4 Å². The summed E-state index contributed by atoms with van der Waals surface area (Å²) in [6.07, 6.45) is 7.21. The first-order chi connectivity index (χ1) is 14.2. The zero-order chi connectivity index (χ0) is 20.6. The molecule has 2 amide bonds. The maximum absolute atomic E-state index is 13.1. The fourth-order valence-corrected chi connectivity index (χ4v) is 5.00. The minimum Gasteiger partial charge on any atom is -0.352 e. The maximum Gasteiger partial charge on any atom is 0.242 e. The van der Waals surface area contributed by atoms with Gasteiger partial charge >= 0.3 is 0 Å². The topological polar surface area (TPSA) is 52.7 Å². The summed E-state index contributed by atoms with van der Waals surface area (Å²) in [5.41, 5.74) is 1.22. The normalized spacial score (nSPS) is 21.3. The lowest BCUT2D eigenvalue weighted by Crippen LogP contribution is -2.49. The third-order valence-electron chi connectivity index (χ3n) is 6.70. The minimum atomic E-state index is -0.294. The Morgan fingerprint density at radius 3 is 2.38 bits per heavy atom. The van der Waals surface area contributed by atoms with Crippen LogP contribution in [0.2, 0.25) is 0 Å². The number of hydrogen-bond donors (Lipinski definition) is 1. The van der Waals surface area contributed by atoms with E-state index in [1.807, 2.05) is 11.0 Å². The van der Waals surface area contributed by atoms with E-state index < -0.39 is 0 Å². The third-order valence-corrected chi connectivity index (χ3v) is 6.70. The van der Waals surface area contributed by atoms with Crippen LogP contribution in [0.3, 0.4) is 0 Å². The first-order valence-corrected chi connectivity index (χ1v) is 11.5. The van der Waals surface area contributed by atoms with Crippen LogP contribution in [0.25, 0.3) is 0 Å². The predicted molar refractivity (Wildman–Crippen MR) is 116 cm³/mol. The first kappa shape index (κ1) is 21.8. The first-order valence-electron chi connectivity index (χ1n) is 11.5. The van der Waals surface area contributed by atoms with E-state index in [0.717, 1.165) is 58.2 Å². The van der Waals surface area contributed by atoms with Crippen LogP contribution < -0.4 is 5.32 Å². The minimum absolute atomic E-state index is 0.0137. The van der Waals surface area contributed by atoms with Crippen LogP contribution in [-0.2, 0) is 9.59 Å². The lowest BCUT2D eigenvalue weighted by Gasteiger charge is -2.32. The summed E-state index contributed by atoms with van der Waals surface area (Å²) in [5.74, 6) is 0.357. The van der Waals surface area contributed by atoms with Gasteiger partial charge in [0.05, 0.1) is 6.04 Å². The molecule has 0 aromatic heterocycles. The van der Waals surface area contributed by atoms with Crippen LogP contribution in [0.4, 0.5) is 0 Å². The zero-order valence-corrected chi connectivity index (χ0v) is 18.1. The van der Waals surface area contributed by atoms with Gasteiger partial charge in [-0.1, -0.05) is 63.4 Å². The van der Waals surface area contributed by atoms with Gasteiger partial charge in [-0.2, -0.15) is 0 Å². The fourth-order valence-electron chi connectivity index (χ4n) is 5.00. The Morgan fingerprint density at radius 1 is 1.03 bits per heavy atom. The molecule has 1 aromatic rings. The van der Waals surface area contributed by atoms with Gasteiger partial charge in [0, 0.05) is 19.0 Å². The van der Waals surface area contributed by atoms with Crippen LogP contribution >= 0.6 is 0 Å². The molecule has 0 radical (unpaired) electrons. The van der Waals surface area contributed by atoms with Crippen LogP contribution in [0.5, 0.6) is 0 Å². The molecule has 160 valence electrons. The summed E-state index contributed by atoms with van der Waals surface area (Å²) in [4.78, 5) is 30.3. The number of carbonyl (C=O) groups excluding carboxylic acids is 2. The van der Waals surface area contributed by atoms with Crippen molar-refractivity contribution in [2.45, 2.75) is 70.9 Å². The summed E-state index contributed by atoms with van der Waals surface area (Å²) in [7, 11) is 0. The van der Waals surface area contributed by atoms with E-state index in [1.54, 1.807) is 0 Å². The number of likely N-dealkylation sites (N-methyl/N-ethyl adjacent to an activating group) is 1. The Hall–Kier alpha value is -1.88. The van der Waals surface area contributed by atoms with Gasteiger partial charge in [0.15, 0.2) is 0 Å². The van der Waals surface area contributed by atoms with Gasteiger partial charge in [0.25, 0.3) is 0 Å². The molecule has 5 nitrogen and oxygen atoms in total. The highest BCUT2D eigenvalue weighted by Gasteiger charge is 2.37. The summed E-state index contributed by atoms with van der Waals surface area (Å²) in [6.45, 7) is 7.48. The van der Waals surface area contributed by atoms with Gasteiger partial charge in [0.1, 0.15) is 6.04 Å². The molecule has 2 aliphatic rings. The van der Waals surface area contributed by atoms with Crippen molar-refractivity contribution in [2.75, 3.05) is 26.2 Å². The number of amides is 2. The molecule has 1 heterocycles. The molecular weight excluding hydrogens is 362 g/mol. The Morgan fingerprint density at radius 2 is 1.72 bits per heavy atom. The largest absolute Gasteiger partial charge is 0.352 e. The van der Waals surface area contributed by atoms with Gasteiger partial charge in [-0.3, -0.25) is 14.5 Å². The van der Waals surface area contributed by atoms with E-state index in [-0.39, 0.29) is 29.8 Å². The monoisotopic (exact) mass is 399 g/mol. The van der Waals surface area contributed by atoms with Crippen molar-refractivity contribution in [3.63, 3.8) is 0 Å². The van der Waals surface area contributed by atoms with E-state index in [0.29, 0.717) is 6.54 Å². The molecule has 2 atom stereocenters. The molecule has 1 aliphatic heterocycles. The van der Waals surface area contributed by atoms with E-state index in [2.05, 4.69) is 48.3 Å². The van der Waals surface area contributed by atoms with E-state index in [9.17, 15) is 9.59 Å². The number of rotatable bonds is 8. The van der Waals surface area contributed by atoms with Gasteiger partial charge in [0.2, 0.25) is 11.8 Å². The number of likely N-dealkylation sites (tertiary alicyclic amines) is 1. The second-order valence-electron chi connectivity index (χ2n) is 8.42. The van der Waals surface area contributed by atoms with Crippen molar-refractivity contribution in [1.29, 1.82) is 0 Å². The van der Waals surface area contributed by atoms with Crippen LogP contribution in [0, 0.1) is 5.92 Å². The SMILES string of the molecule is CCN(CC)C(CNC(=O)C1CCCN1C(=O)C1CCCCC1)c1ccccc1. The molecule has 0 spiro atoms. The third kappa shape index (κ3) is 5.39. The number of hydrogen-bond acceptors (Lipinski definition) is 3. The lowest BCUT2D eigenvalue weighted by atomic mass is 9.88. The lowest BCUT2D eigenvalue weighted by molar-refractivity contribution is -0.142. The molecule has 5 heteroatoms. The highest BCUT2D eigenvalue weighted by molar-refractivity contribution is 5.89. The number of nitrogens with zero attached hydrogens (tertiary/aromatic N) is 2. The summed E-state index contributed by atoms with van der Waals surface area (Å²) in [6, 6.07) is 10.2. The van der Waals surface area contributed by atoms with Crippen molar-refractivity contribution in [1.82, 2.24) is 15.1 Å². The standard InChI is InChI=1S/C24H37N3O2/c1-3-26(4-2)22(19-12-7-5-8-13-19)18-25-23(28)21-16-11-17-27(21)24(29)20-14-9-6-10-15-20/h5,7-8,12-13,20-22H,3-4,6,9-11,14-18H2,1-2H3,(H,25,28). The van der Waals surface area contributed by atoms with Crippen LogP contribution in [0.15, 0.2) is 30.3 Å². The second kappa shape index (κ2) is 10.8. The Labute approximate surface area is 175 Å². The van der Waals surface area contributed by atoms with E-state index in [4.69, 9.17) is 0 Å². The Balaban J connectivity index is 1.63. The van der Waals surface area contributed by atoms with E-state index in [1.165, 1.54) is 12.0 Å². The van der Waals surface area contributed by atoms with Gasteiger partial charge in [-0.05, 0) is 44.3 Å².